The summed E-state index contributed by atoms with van der Waals surface area (Å²) in [5.41, 5.74) is 0. The van der Waals surface area contributed by atoms with Crippen molar-refractivity contribution in [1.82, 2.24) is 5.32 Å². The second kappa shape index (κ2) is 8.88. The predicted molar refractivity (Wildman–Crippen MR) is 87.4 cm³/mol. The maximum absolute atomic E-state index is 12.8. The van der Waals surface area contributed by atoms with Crippen LogP contribution < -0.4 is 14.8 Å². The van der Waals surface area contributed by atoms with Crippen LogP contribution in [0.5, 0.6) is 11.5 Å². The van der Waals surface area contributed by atoms with E-state index in [4.69, 9.17) is 9.47 Å². The number of nitrogens with one attached hydrogen (secondary N) is 1. The fraction of sp³-hybridized carbons (Fsp3) is 0.278. The third-order valence-corrected chi connectivity index (χ3v) is 3.19. The van der Waals surface area contributed by atoms with Gasteiger partial charge in [0, 0.05) is 6.54 Å². The summed E-state index contributed by atoms with van der Waals surface area (Å²) >= 11 is 0. The van der Waals surface area contributed by atoms with E-state index in [1.165, 1.54) is 24.3 Å². The van der Waals surface area contributed by atoms with Gasteiger partial charge in [-0.2, -0.15) is 0 Å². The lowest BCUT2D eigenvalue weighted by Gasteiger charge is -2.17. The fourth-order valence-electron chi connectivity index (χ4n) is 1.90. The van der Waals surface area contributed by atoms with E-state index in [0.29, 0.717) is 11.5 Å². The Kier molecular flexibility index (Phi) is 6.57. The lowest BCUT2D eigenvalue weighted by atomic mass is 10.3. The summed E-state index contributed by atoms with van der Waals surface area (Å²) in [7, 11) is 0. The first-order chi connectivity index (χ1) is 11.5. The molecular weight excluding hydrogens is 313 g/mol. The van der Waals surface area contributed by atoms with Gasteiger partial charge in [-0.15, -0.1) is 0 Å². The minimum atomic E-state index is -0.886. The number of para-hydroxylation sites is 1. The van der Waals surface area contributed by atoms with Gasteiger partial charge in [0.1, 0.15) is 30.0 Å². The molecular formula is C18H20FNO4. The van der Waals surface area contributed by atoms with E-state index in [2.05, 4.69) is 5.32 Å². The zero-order chi connectivity index (χ0) is 17.4. The molecule has 6 heteroatoms. The van der Waals surface area contributed by atoms with E-state index in [1.807, 2.05) is 18.2 Å². The number of hydrogen-bond acceptors (Lipinski definition) is 4. The molecule has 2 aromatic carbocycles. The average Bonchev–Trinajstić information content (AvgIpc) is 2.60. The fourth-order valence-corrected chi connectivity index (χ4v) is 1.90. The summed E-state index contributed by atoms with van der Waals surface area (Å²) in [5.74, 6) is 0.352. The minimum absolute atomic E-state index is 0.0141. The number of hydrogen-bond donors (Lipinski definition) is 2. The smallest absolute Gasteiger partial charge is 0.260 e. The van der Waals surface area contributed by atoms with Gasteiger partial charge in [-0.3, -0.25) is 4.79 Å². The molecule has 2 aromatic rings. The zero-order valence-corrected chi connectivity index (χ0v) is 13.3. The molecule has 0 spiro atoms. The van der Waals surface area contributed by atoms with Crippen molar-refractivity contribution in [3.8, 4) is 11.5 Å². The highest BCUT2D eigenvalue weighted by Gasteiger charge is 2.16. The molecule has 0 aromatic heterocycles. The maximum Gasteiger partial charge on any atom is 0.260 e. The quantitative estimate of drug-likeness (QED) is 0.777. The van der Waals surface area contributed by atoms with Crippen LogP contribution >= 0.6 is 0 Å². The van der Waals surface area contributed by atoms with Crippen LogP contribution in [-0.2, 0) is 4.79 Å². The van der Waals surface area contributed by atoms with Crippen LogP contribution in [0.25, 0.3) is 0 Å². The van der Waals surface area contributed by atoms with Crippen molar-refractivity contribution in [2.24, 2.45) is 0 Å². The summed E-state index contributed by atoms with van der Waals surface area (Å²) in [6.45, 7) is 1.64. The number of amides is 1. The molecule has 0 unspecified atom stereocenters. The highest BCUT2D eigenvalue weighted by Crippen LogP contribution is 2.12. The van der Waals surface area contributed by atoms with Gasteiger partial charge in [0.05, 0.1) is 0 Å². The Bertz CT molecular complexity index is 633. The van der Waals surface area contributed by atoms with Gasteiger partial charge in [0.2, 0.25) is 0 Å². The second-order valence-electron chi connectivity index (χ2n) is 5.24. The van der Waals surface area contributed by atoms with Crippen molar-refractivity contribution < 1.29 is 23.8 Å². The number of carbonyl (C=O) groups is 1. The van der Waals surface area contributed by atoms with E-state index in [9.17, 15) is 14.3 Å². The van der Waals surface area contributed by atoms with Crippen molar-refractivity contribution in [1.29, 1.82) is 0 Å². The van der Waals surface area contributed by atoms with Crippen molar-refractivity contribution in [2.45, 2.75) is 19.1 Å². The van der Waals surface area contributed by atoms with E-state index >= 15 is 0 Å². The molecule has 24 heavy (non-hydrogen) atoms. The third kappa shape index (κ3) is 5.89. The van der Waals surface area contributed by atoms with E-state index in [0.717, 1.165) is 0 Å². The standard InChI is InChI=1S/C18H20FNO4/c1-13(24-17-5-3-2-4-6-17)18(22)20-11-15(21)12-23-16-9-7-14(19)8-10-16/h2-10,13,15,21H,11-12H2,1H3,(H,20,22)/t13-,15-/m1/s1. The van der Waals surface area contributed by atoms with Crippen LogP contribution in [0.4, 0.5) is 4.39 Å². The first kappa shape index (κ1) is 17.7. The minimum Gasteiger partial charge on any atom is -0.491 e. The lowest BCUT2D eigenvalue weighted by molar-refractivity contribution is -0.127. The Balaban J connectivity index is 1.69. The SMILES string of the molecule is C[C@@H](Oc1ccccc1)C(=O)NC[C@@H](O)COc1ccc(F)cc1. The van der Waals surface area contributed by atoms with Gasteiger partial charge in [0.25, 0.3) is 5.91 Å². The van der Waals surface area contributed by atoms with Gasteiger partial charge in [-0.05, 0) is 43.3 Å². The van der Waals surface area contributed by atoms with Crippen LogP contribution in [0, 0.1) is 5.82 Å². The van der Waals surface area contributed by atoms with E-state index in [1.54, 1.807) is 19.1 Å². The summed E-state index contributed by atoms with van der Waals surface area (Å²) in [4.78, 5) is 11.9. The lowest BCUT2D eigenvalue weighted by Crippen LogP contribution is -2.41. The normalized spacial score (nSPS) is 13.0. The monoisotopic (exact) mass is 333 g/mol. The van der Waals surface area contributed by atoms with Crippen LogP contribution in [-0.4, -0.2) is 36.4 Å². The molecule has 0 aliphatic heterocycles. The Morgan fingerprint density at radius 3 is 2.46 bits per heavy atom. The average molecular weight is 333 g/mol. The number of aliphatic hydroxyl groups is 1. The van der Waals surface area contributed by atoms with Crippen LogP contribution in [0.1, 0.15) is 6.92 Å². The number of rotatable bonds is 8. The molecule has 0 heterocycles. The molecule has 5 nitrogen and oxygen atoms in total. The molecule has 2 atom stereocenters. The first-order valence-electron chi connectivity index (χ1n) is 7.60. The van der Waals surface area contributed by atoms with Crippen LogP contribution in [0.3, 0.4) is 0 Å². The molecule has 1 amide bonds. The summed E-state index contributed by atoms with van der Waals surface area (Å²) in [6.07, 6.45) is -1.57. The van der Waals surface area contributed by atoms with Crippen molar-refractivity contribution >= 4 is 5.91 Å². The Hall–Kier alpha value is -2.60. The van der Waals surface area contributed by atoms with Crippen molar-refractivity contribution in [2.75, 3.05) is 13.2 Å². The molecule has 0 fully saturated rings. The Labute approximate surface area is 140 Å². The summed E-state index contributed by atoms with van der Waals surface area (Å²) in [6, 6.07) is 14.5. The number of halogens is 1. The Morgan fingerprint density at radius 2 is 1.79 bits per heavy atom. The molecule has 0 radical (unpaired) electrons. The van der Waals surface area contributed by atoms with Gasteiger partial charge in [-0.25, -0.2) is 4.39 Å². The number of ether oxygens (including phenoxy) is 2. The number of benzene rings is 2. The van der Waals surface area contributed by atoms with E-state index < -0.39 is 12.2 Å². The van der Waals surface area contributed by atoms with E-state index in [-0.39, 0.29) is 24.9 Å². The van der Waals surface area contributed by atoms with Crippen LogP contribution in [0.2, 0.25) is 0 Å². The molecule has 0 saturated carbocycles. The van der Waals surface area contributed by atoms with Crippen LogP contribution in [0.15, 0.2) is 54.6 Å². The third-order valence-electron chi connectivity index (χ3n) is 3.19. The van der Waals surface area contributed by atoms with Gasteiger partial charge < -0.3 is 19.9 Å². The topological polar surface area (TPSA) is 67.8 Å². The van der Waals surface area contributed by atoms with Gasteiger partial charge in [0.15, 0.2) is 6.10 Å². The number of aliphatic hydroxyl groups excluding tert-OH is 1. The van der Waals surface area contributed by atoms with Crippen molar-refractivity contribution in [3.05, 3.63) is 60.4 Å². The zero-order valence-electron chi connectivity index (χ0n) is 13.3. The molecule has 2 N–H and O–H groups in total. The maximum atomic E-state index is 12.8. The predicted octanol–water partition coefficient (Wildman–Crippen LogP) is 2.15. The Morgan fingerprint density at radius 1 is 1.12 bits per heavy atom. The molecule has 2 rings (SSSR count). The second-order valence-corrected chi connectivity index (χ2v) is 5.24. The largest absolute Gasteiger partial charge is 0.491 e. The highest BCUT2D eigenvalue weighted by atomic mass is 19.1. The molecule has 0 aliphatic rings. The molecule has 0 bridgehead atoms. The van der Waals surface area contributed by atoms with Gasteiger partial charge >= 0.3 is 0 Å². The van der Waals surface area contributed by atoms with Crippen molar-refractivity contribution in [3.63, 3.8) is 0 Å². The highest BCUT2D eigenvalue weighted by molar-refractivity contribution is 5.80. The molecule has 0 aliphatic carbocycles. The first-order valence-corrected chi connectivity index (χ1v) is 7.60. The number of carbonyl (C=O) groups excluding carboxylic acids is 1. The summed E-state index contributed by atoms with van der Waals surface area (Å²) in [5, 5.41) is 12.4. The molecule has 128 valence electrons. The molecule has 0 saturated heterocycles. The van der Waals surface area contributed by atoms with Gasteiger partial charge in [-0.1, -0.05) is 18.2 Å². The summed E-state index contributed by atoms with van der Waals surface area (Å²) < 4.78 is 23.6.